The van der Waals surface area contributed by atoms with E-state index >= 15 is 0 Å². The molecule has 4 bridgehead atoms. The molecule has 4 saturated carbocycles. The van der Waals surface area contributed by atoms with Crippen molar-refractivity contribution in [2.75, 3.05) is 19.1 Å². The maximum Gasteiger partial charge on any atom is 0.232 e. The number of carbonyl (C=O) groups excluding carboxylic acids is 1. The molecule has 0 saturated heterocycles. The Hall–Kier alpha value is -1.36. The third-order valence-electron chi connectivity index (χ3n) is 7.03. The van der Waals surface area contributed by atoms with E-state index in [1.165, 1.54) is 38.5 Å². The number of ether oxygens (including phenoxy) is 2. The summed E-state index contributed by atoms with van der Waals surface area (Å²) in [6.45, 7) is 3.75. The topological polar surface area (TPSA) is 38.8 Å². The van der Waals surface area contributed by atoms with Crippen LogP contribution in [0.1, 0.15) is 51.0 Å². The summed E-state index contributed by atoms with van der Waals surface area (Å²) in [5.74, 6) is 5.31. The molecule has 27 heavy (non-hydrogen) atoms. The molecule has 5 aliphatic rings. The molecule has 4 fully saturated rings. The van der Waals surface area contributed by atoms with E-state index in [9.17, 15) is 4.79 Å². The molecule has 0 spiro atoms. The van der Waals surface area contributed by atoms with E-state index in [2.05, 4.69) is 6.92 Å². The summed E-state index contributed by atoms with van der Waals surface area (Å²) < 4.78 is 11.3. The minimum absolute atomic E-state index is 0.274. The molecule has 6 rings (SSSR count). The van der Waals surface area contributed by atoms with Gasteiger partial charge >= 0.3 is 0 Å². The van der Waals surface area contributed by atoms with Gasteiger partial charge in [0.05, 0.1) is 5.75 Å². The second-order valence-electron chi connectivity index (χ2n) is 8.98. The fourth-order valence-electron chi connectivity index (χ4n) is 6.15. The highest BCUT2D eigenvalue weighted by atomic mass is 32.2. The third kappa shape index (κ3) is 3.43. The SMILES string of the molecule is CCN(Cc1ccc2c(c1)OCO2)C(=O)CSC12CC3CC(CC(C3)C1)C2. The molecular formula is C22H29NO3S. The normalized spacial score (nSPS) is 32.7. The Morgan fingerprint density at radius 1 is 1.11 bits per heavy atom. The number of amides is 1. The number of benzene rings is 1. The van der Waals surface area contributed by atoms with Crippen molar-refractivity contribution >= 4 is 17.7 Å². The third-order valence-corrected chi connectivity index (χ3v) is 8.53. The van der Waals surface area contributed by atoms with Crippen molar-refractivity contribution in [3.8, 4) is 11.5 Å². The second kappa shape index (κ2) is 6.91. The highest BCUT2D eigenvalue weighted by Gasteiger charge is 2.51. The first kappa shape index (κ1) is 17.7. The van der Waals surface area contributed by atoms with E-state index in [1.807, 2.05) is 34.9 Å². The van der Waals surface area contributed by atoms with Crippen LogP contribution in [0.2, 0.25) is 0 Å². The smallest absolute Gasteiger partial charge is 0.232 e. The van der Waals surface area contributed by atoms with Crippen molar-refractivity contribution in [3.05, 3.63) is 23.8 Å². The Morgan fingerprint density at radius 3 is 2.44 bits per heavy atom. The highest BCUT2D eigenvalue weighted by Crippen LogP contribution is 2.60. The first-order chi connectivity index (χ1) is 13.1. The van der Waals surface area contributed by atoms with Crippen LogP contribution in [0.3, 0.4) is 0 Å². The predicted octanol–water partition coefficient (Wildman–Crippen LogP) is 4.47. The lowest BCUT2D eigenvalue weighted by Crippen LogP contribution is -2.49. The highest BCUT2D eigenvalue weighted by molar-refractivity contribution is 8.01. The molecule has 1 heterocycles. The maximum absolute atomic E-state index is 13.0. The molecule has 1 aromatic carbocycles. The number of nitrogens with zero attached hydrogens (tertiary/aromatic N) is 1. The van der Waals surface area contributed by atoms with Gasteiger partial charge in [0.15, 0.2) is 11.5 Å². The van der Waals surface area contributed by atoms with E-state index in [4.69, 9.17) is 9.47 Å². The Labute approximate surface area is 166 Å². The van der Waals surface area contributed by atoms with Crippen molar-refractivity contribution in [2.24, 2.45) is 17.8 Å². The van der Waals surface area contributed by atoms with Gasteiger partial charge in [-0.15, -0.1) is 11.8 Å². The number of fused-ring (bicyclic) bond motifs is 1. The summed E-state index contributed by atoms with van der Waals surface area (Å²) in [5, 5.41) is 0. The maximum atomic E-state index is 13.0. The Bertz CT molecular complexity index is 699. The van der Waals surface area contributed by atoms with Crippen LogP contribution in [0.4, 0.5) is 0 Å². The second-order valence-corrected chi connectivity index (χ2v) is 10.4. The van der Waals surface area contributed by atoms with Crippen LogP contribution in [0.5, 0.6) is 11.5 Å². The van der Waals surface area contributed by atoms with Gasteiger partial charge in [0, 0.05) is 17.8 Å². The number of hydrogen-bond donors (Lipinski definition) is 0. The van der Waals surface area contributed by atoms with Crippen LogP contribution in [-0.2, 0) is 11.3 Å². The van der Waals surface area contributed by atoms with Crippen LogP contribution < -0.4 is 9.47 Å². The van der Waals surface area contributed by atoms with Gasteiger partial charge in [-0.1, -0.05) is 6.07 Å². The molecule has 1 amide bonds. The average molecular weight is 388 g/mol. The van der Waals surface area contributed by atoms with Crippen molar-refractivity contribution in [2.45, 2.75) is 56.7 Å². The summed E-state index contributed by atoms with van der Waals surface area (Å²) in [6.07, 6.45) is 8.43. The summed E-state index contributed by atoms with van der Waals surface area (Å²) >= 11 is 1.98. The molecule has 0 aromatic heterocycles. The van der Waals surface area contributed by atoms with E-state index in [-0.39, 0.29) is 12.7 Å². The molecule has 4 nitrogen and oxygen atoms in total. The first-order valence-electron chi connectivity index (χ1n) is 10.4. The summed E-state index contributed by atoms with van der Waals surface area (Å²) in [7, 11) is 0. The van der Waals surface area contributed by atoms with Gasteiger partial charge in [-0.3, -0.25) is 4.79 Å². The van der Waals surface area contributed by atoms with Gasteiger partial charge in [-0.05, 0) is 80.9 Å². The van der Waals surface area contributed by atoms with Crippen molar-refractivity contribution in [1.82, 2.24) is 4.90 Å². The summed E-state index contributed by atoms with van der Waals surface area (Å²) in [4.78, 5) is 14.9. The quantitative estimate of drug-likeness (QED) is 0.722. The molecule has 146 valence electrons. The number of hydrogen-bond acceptors (Lipinski definition) is 4. The lowest BCUT2D eigenvalue weighted by Gasteiger charge is -2.56. The van der Waals surface area contributed by atoms with Gasteiger partial charge in [-0.25, -0.2) is 0 Å². The largest absolute Gasteiger partial charge is 0.454 e. The molecule has 0 atom stereocenters. The molecular weight excluding hydrogens is 358 g/mol. The molecule has 0 unspecified atom stereocenters. The van der Waals surface area contributed by atoms with Crippen molar-refractivity contribution in [3.63, 3.8) is 0 Å². The van der Waals surface area contributed by atoms with Crippen LogP contribution in [0.15, 0.2) is 18.2 Å². The van der Waals surface area contributed by atoms with E-state index in [0.717, 1.165) is 41.4 Å². The van der Waals surface area contributed by atoms with Gasteiger partial charge < -0.3 is 14.4 Å². The Balaban J connectivity index is 1.21. The van der Waals surface area contributed by atoms with E-state index in [0.29, 0.717) is 17.0 Å². The zero-order valence-electron chi connectivity index (χ0n) is 16.1. The van der Waals surface area contributed by atoms with Crippen molar-refractivity contribution < 1.29 is 14.3 Å². The lowest BCUT2D eigenvalue weighted by atomic mass is 9.56. The number of thioether (sulfide) groups is 1. The van der Waals surface area contributed by atoms with Crippen LogP contribution in [0, 0.1) is 17.8 Å². The molecule has 1 aliphatic heterocycles. The monoisotopic (exact) mass is 387 g/mol. The minimum atomic E-state index is 0.274. The van der Waals surface area contributed by atoms with Crippen LogP contribution >= 0.6 is 11.8 Å². The zero-order valence-corrected chi connectivity index (χ0v) is 16.9. The minimum Gasteiger partial charge on any atom is -0.454 e. The summed E-state index contributed by atoms with van der Waals surface area (Å²) in [5.41, 5.74) is 1.11. The van der Waals surface area contributed by atoms with Gasteiger partial charge in [0.1, 0.15) is 0 Å². The fraction of sp³-hybridized carbons (Fsp3) is 0.682. The van der Waals surface area contributed by atoms with Gasteiger partial charge in [-0.2, -0.15) is 0 Å². The van der Waals surface area contributed by atoms with E-state index in [1.54, 1.807) is 0 Å². The van der Waals surface area contributed by atoms with Crippen LogP contribution in [-0.4, -0.2) is 34.6 Å². The molecule has 1 aromatic rings. The van der Waals surface area contributed by atoms with Crippen molar-refractivity contribution in [1.29, 1.82) is 0 Å². The molecule has 0 radical (unpaired) electrons. The average Bonchev–Trinajstić information content (AvgIpc) is 3.11. The standard InChI is InChI=1S/C22H29NO3S/c1-2-23(12-15-3-4-19-20(8-15)26-14-25-19)21(24)13-27-22-9-16-5-17(10-22)7-18(6-16)11-22/h3-4,8,16-18H,2,5-7,9-14H2,1H3. The summed E-state index contributed by atoms with van der Waals surface area (Å²) in [6, 6.07) is 5.99. The molecule has 5 heteroatoms. The molecule has 4 aliphatic carbocycles. The zero-order chi connectivity index (χ0) is 18.4. The first-order valence-corrected chi connectivity index (χ1v) is 11.4. The number of carbonyl (C=O) groups is 1. The number of rotatable bonds is 6. The Morgan fingerprint density at radius 2 is 1.78 bits per heavy atom. The Kier molecular flexibility index (Phi) is 4.53. The fourth-order valence-corrected chi connectivity index (χ4v) is 7.82. The van der Waals surface area contributed by atoms with Crippen LogP contribution in [0.25, 0.3) is 0 Å². The van der Waals surface area contributed by atoms with E-state index < -0.39 is 0 Å². The van der Waals surface area contributed by atoms with Gasteiger partial charge in [0.25, 0.3) is 0 Å². The van der Waals surface area contributed by atoms with Gasteiger partial charge in [0.2, 0.25) is 12.7 Å². The lowest BCUT2D eigenvalue weighted by molar-refractivity contribution is -0.128. The predicted molar refractivity (Wildman–Crippen MR) is 107 cm³/mol. The molecule has 0 N–H and O–H groups in total.